The normalized spacial score (nSPS) is 10.7. The molecule has 0 spiro atoms. The smallest absolute Gasteiger partial charge is 0.319 e. The van der Waals surface area contributed by atoms with E-state index in [0.29, 0.717) is 28.1 Å². The maximum atomic E-state index is 13.2. The number of carbonyl (C=O) groups is 1. The zero-order valence-corrected chi connectivity index (χ0v) is 19.5. The number of hydrogen-bond donors (Lipinski definition) is 2. The summed E-state index contributed by atoms with van der Waals surface area (Å²) in [6.45, 7) is 1.96. The van der Waals surface area contributed by atoms with Gasteiger partial charge >= 0.3 is 6.03 Å². The lowest BCUT2D eigenvalue weighted by molar-refractivity contribution is -0.384. The summed E-state index contributed by atoms with van der Waals surface area (Å²) in [6.07, 6.45) is 0. The molecular weight excluding hydrogens is 471 g/mol. The SMILES string of the molecule is Cc1ccccc1NC(=O)NCc1nnc(SCc2ccc(F)cc2)n1-c1ccc([N+](=O)[O-])cc1. The summed E-state index contributed by atoms with van der Waals surface area (Å²) in [5, 5.41) is 25.6. The molecule has 0 fully saturated rings. The van der Waals surface area contributed by atoms with Gasteiger partial charge in [0.2, 0.25) is 0 Å². The first-order valence-electron chi connectivity index (χ1n) is 10.6. The van der Waals surface area contributed by atoms with Gasteiger partial charge in [0.05, 0.1) is 11.5 Å². The van der Waals surface area contributed by atoms with Gasteiger partial charge in [-0.05, 0) is 48.4 Å². The van der Waals surface area contributed by atoms with Crippen molar-refractivity contribution in [2.45, 2.75) is 24.4 Å². The van der Waals surface area contributed by atoms with Crippen molar-refractivity contribution >= 4 is 29.2 Å². The van der Waals surface area contributed by atoms with E-state index in [-0.39, 0.29) is 18.0 Å². The molecule has 4 aromatic rings. The van der Waals surface area contributed by atoms with Crippen molar-refractivity contribution in [2.24, 2.45) is 0 Å². The van der Waals surface area contributed by atoms with Crippen LogP contribution in [-0.4, -0.2) is 25.7 Å². The number of urea groups is 1. The highest BCUT2D eigenvalue weighted by atomic mass is 32.2. The van der Waals surface area contributed by atoms with E-state index in [2.05, 4.69) is 20.8 Å². The third kappa shape index (κ3) is 6.01. The lowest BCUT2D eigenvalue weighted by Gasteiger charge is -2.12. The third-order valence-corrected chi connectivity index (χ3v) is 6.10. The number of nitrogens with zero attached hydrogens (tertiary/aromatic N) is 4. The Bertz CT molecular complexity index is 1340. The van der Waals surface area contributed by atoms with Gasteiger partial charge in [0.1, 0.15) is 5.82 Å². The van der Waals surface area contributed by atoms with Gasteiger partial charge in [0, 0.05) is 29.3 Å². The molecule has 0 aliphatic rings. The predicted octanol–water partition coefficient (Wildman–Crippen LogP) is 5.24. The van der Waals surface area contributed by atoms with Crippen LogP contribution >= 0.6 is 11.8 Å². The van der Waals surface area contributed by atoms with Crippen molar-refractivity contribution in [3.63, 3.8) is 0 Å². The van der Waals surface area contributed by atoms with E-state index in [0.717, 1.165) is 11.1 Å². The number of non-ortho nitro benzene ring substituents is 1. The highest BCUT2D eigenvalue weighted by Gasteiger charge is 2.17. The quantitative estimate of drug-likeness (QED) is 0.198. The largest absolute Gasteiger partial charge is 0.331 e. The molecular formula is C24H21FN6O3S. The summed E-state index contributed by atoms with van der Waals surface area (Å²) in [5.74, 6) is 0.637. The molecule has 0 aliphatic carbocycles. The van der Waals surface area contributed by atoms with E-state index < -0.39 is 11.0 Å². The van der Waals surface area contributed by atoms with E-state index >= 15 is 0 Å². The Kier molecular flexibility index (Phi) is 7.36. The van der Waals surface area contributed by atoms with Crippen molar-refractivity contribution in [3.8, 4) is 5.69 Å². The van der Waals surface area contributed by atoms with Crippen molar-refractivity contribution in [2.75, 3.05) is 5.32 Å². The number of hydrogen-bond acceptors (Lipinski definition) is 6. The number of nitro groups is 1. The molecule has 0 saturated heterocycles. The van der Waals surface area contributed by atoms with Gasteiger partial charge in [-0.2, -0.15) is 0 Å². The minimum absolute atomic E-state index is 0.0420. The van der Waals surface area contributed by atoms with Gasteiger partial charge in [-0.3, -0.25) is 14.7 Å². The van der Waals surface area contributed by atoms with Crippen LogP contribution in [0.25, 0.3) is 5.69 Å². The minimum atomic E-state index is -0.474. The molecule has 0 radical (unpaired) electrons. The Hall–Kier alpha value is -4.25. The second-order valence-corrected chi connectivity index (χ2v) is 8.49. The number of benzene rings is 3. The molecule has 9 nitrogen and oxygen atoms in total. The molecule has 0 saturated carbocycles. The molecule has 1 aromatic heterocycles. The van der Waals surface area contributed by atoms with Gasteiger partial charge in [-0.15, -0.1) is 10.2 Å². The third-order valence-electron chi connectivity index (χ3n) is 5.10. The number of amides is 2. The number of nitrogens with one attached hydrogen (secondary N) is 2. The zero-order chi connectivity index (χ0) is 24.8. The Morgan fingerprint density at radius 2 is 1.77 bits per heavy atom. The number of halogens is 1. The average molecular weight is 493 g/mol. The minimum Gasteiger partial charge on any atom is -0.331 e. The molecule has 3 aromatic carbocycles. The number of rotatable bonds is 8. The number of para-hydroxylation sites is 1. The summed E-state index contributed by atoms with van der Waals surface area (Å²) < 4.78 is 14.9. The molecule has 4 rings (SSSR count). The fourth-order valence-corrected chi connectivity index (χ4v) is 4.19. The Labute approximate surface area is 204 Å². The topological polar surface area (TPSA) is 115 Å². The number of carbonyl (C=O) groups excluding carboxylic acids is 1. The van der Waals surface area contributed by atoms with Gasteiger partial charge in [0.15, 0.2) is 11.0 Å². The maximum Gasteiger partial charge on any atom is 0.319 e. The first-order valence-corrected chi connectivity index (χ1v) is 11.6. The first-order chi connectivity index (χ1) is 16.9. The fraction of sp³-hybridized carbons (Fsp3) is 0.125. The van der Waals surface area contributed by atoms with Crippen LogP contribution in [0.3, 0.4) is 0 Å². The van der Waals surface area contributed by atoms with Crippen LogP contribution in [0.15, 0.2) is 78.0 Å². The molecule has 1 heterocycles. The molecule has 35 heavy (non-hydrogen) atoms. The van der Waals surface area contributed by atoms with E-state index in [4.69, 9.17) is 0 Å². The second-order valence-electron chi connectivity index (χ2n) is 7.55. The van der Waals surface area contributed by atoms with Crippen molar-refractivity contribution in [3.05, 3.63) is 106 Å². The molecule has 11 heteroatoms. The van der Waals surface area contributed by atoms with Gasteiger partial charge in [-0.25, -0.2) is 9.18 Å². The number of aryl methyl sites for hydroxylation is 1. The summed E-state index contributed by atoms with van der Waals surface area (Å²) >= 11 is 1.38. The zero-order valence-electron chi connectivity index (χ0n) is 18.6. The molecule has 0 unspecified atom stereocenters. The van der Waals surface area contributed by atoms with Gasteiger partial charge in [0.25, 0.3) is 5.69 Å². The van der Waals surface area contributed by atoms with E-state index in [1.807, 2.05) is 25.1 Å². The molecule has 0 atom stereocenters. The van der Waals surface area contributed by atoms with Gasteiger partial charge in [-0.1, -0.05) is 42.1 Å². The number of aromatic nitrogens is 3. The number of anilines is 1. The summed E-state index contributed by atoms with van der Waals surface area (Å²) in [7, 11) is 0. The predicted molar refractivity (Wildman–Crippen MR) is 131 cm³/mol. The highest BCUT2D eigenvalue weighted by Crippen LogP contribution is 2.26. The standard InChI is InChI=1S/C24H21FN6O3S/c1-16-4-2-3-5-21(16)27-23(32)26-14-22-28-29-24(35-15-17-6-8-18(25)9-7-17)30(22)19-10-12-20(13-11-19)31(33)34/h2-13H,14-15H2,1H3,(H2,26,27,32). The molecule has 2 N–H and O–H groups in total. The fourth-order valence-electron chi connectivity index (χ4n) is 3.26. The molecule has 0 bridgehead atoms. The van der Waals surface area contributed by atoms with Crippen LogP contribution in [0.2, 0.25) is 0 Å². The van der Waals surface area contributed by atoms with Crippen molar-refractivity contribution in [1.82, 2.24) is 20.1 Å². The van der Waals surface area contributed by atoms with E-state index in [1.54, 1.807) is 34.9 Å². The number of thioether (sulfide) groups is 1. The summed E-state index contributed by atoms with van der Waals surface area (Å²) in [5.41, 5.74) is 3.08. The van der Waals surface area contributed by atoms with E-state index in [9.17, 15) is 19.3 Å². The van der Waals surface area contributed by atoms with Crippen molar-refractivity contribution in [1.29, 1.82) is 0 Å². The summed E-state index contributed by atoms with van der Waals surface area (Å²) in [4.78, 5) is 23.0. The first kappa shape index (κ1) is 23.9. The van der Waals surface area contributed by atoms with Crippen LogP contribution in [0, 0.1) is 22.9 Å². The highest BCUT2D eigenvalue weighted by molar-refractivity contribution is 7.98. The van der Waals surface area contributed by atoms with Crippen LogP contribution in [-0.2, 0) is 12.3 Å². The number of nitro benzene ring substituents is 1. The van der Waals surface area contributed by atoms with Crippen LogP contribution in [0.4, 0.5) is 20.6 Å². The molecule has 2 amide bonds. The molecule has 0 aliphatic heterocycles. The average Bonchev–Trinajstić information content (AvgIpc) is 3.26. The van der Waals surface area contributed by atoms with Crippen LogP contribution in [0.5, 0.6) is 0 Å². The van der Waals surface area contributed by atoms with Crippen LogP contribution in [0.1, 0.15) is 17.0 Å². The van der Waals surface area contributed by atoms with Gasteiger partial charge < -0.3 is 10.6 Å². The Balaban J connectivity index is 1.54. The maximum absolute atomic E-state index is 13.2. The monoisotopic (exact) mass is 492 g/mol. The lowest BCUT2D eigenvalue weighted by Crippen LogP contribution is -2.29. The Morgan fingerprint density at radius 3 is 2.46 bits per heavy atom. The lowest BCUT2D eigenvalue weighted by atomic mass is 10.2. The second kappa shape index (κ2) is 10.8. The Morgan fingerprint density at radius 1 is 1.06 bits per heavy atom. The molecule has 178 valence electrons. The van der Waals surface area contributed by atoms with Crippen molar-refractivity contribution < 1.29 is 14.1 Å². The van der Waals surface area contributed by atoms with E-state index in [1.165, 1.54) is 36.0 Å². The summed E-state index contributed by atoms with van der Waals surface area (Å²) in [6, 6.07) is 19.1. The van der Waals surface area contributed by atoms with Crippen LogP contribution < -0.4 is 10.6 Å².